The third kappa shape index (κ3) is 1.42. The van der Waals surface area contributed by atoms with Gasteiger partial charge < -0.3 is 0 Å². The molecule has 0 aliphatic rings. The smallest absolute Gasteiger partial charge is 0.150 e. The van der Waals surface area contributed by atoms with Gasteiger partial charge in [0, 0.05) is 23.3 Å². The topological polar surface area (TPSA) is 49.6 Å². The molecule has 0 N–H and O–H groups in total. The summed E-state index contributed by atoms with van der Waals surface area (Å²) in [7, 11) is 0. The molecule has 2 rings (SSSR count). The molecular formula is C9H5N3S. The highest BCUT2D eigenvalue weighted by atomic mass is 32.1. The molecule has 0 aliphatic carbocycles. The van der Waals surface area contributed by atoms with Crippen molar-refractivity contribution in [3.05, 3.63) is 35.6 Å². The Bertz CT molecular complexity index is 442. The molecule has 2 heterocycles. The molecule has 0 saturated heterocycles. The van der Waals surface area contributed by atoms with Crippen molar-refractivity contribution in [1.29, 1.82) is 5.26 Å². The Hall–Kier alpha value is -1.73. The normalized spacial score (nSPS) is 9.46. The molecule has 0 spiro atoms. The average Bonchev–Trinajstić information content (AvgIpc) is 2.70. The van der Waals surface area contributed by atoms with Gasteiger partial charge in [-0.1, -0.05) is 0 Å². The number of aromatic nitrogens is 2. The molecular weight excluding hydrogens is 182 g/mol. The zero-order valence-electron chi connectivity index (χ0n) is 6.64. The number of rotatable bonds is 1. The summed E-state index contributed by atoms with van der Waals surface area (Å²) in [6.45, 7) is 0. The highest BCUT2D eigenvalue weighted by Crippen LogP contribution is 2.23. The fourth-order valence-corrected chi connectivity index (χ4v) is 1.69. The van der Waals surface area contributed by atoms with E-state index in [9.17, 15) is 0 Å². The Morgan fingerprint density at radius 3 is 2.92 bits per heavy atom. The van der Waals surface area contributed by atoms with Crippen LogP contribution in [0.3, 0.4) is 0 Å². The fourth-order valence-electron chi connectivity index (χ4n) is 1.02. The highest BCUT2D eigenvalue weighted by molar-refractivity contribution is 7.13. The molecule has 4 heteroatoms. The van der Waals surface area contributed by atoms with E-state index in [1.54, 1.807) is 18.5 Å². The van der Waals surface area contributed by atoms with Gasteiger partial charge in [0.05, 0.1) is 0 Å². The van der Waals surface area contributed by atoms with E-state index in [4.69, 9.17) is 5.26 Å². The summed E-state index contributed by atoms with van der Waals surface area (Å²) in [5.41, 5.74) is 1.23. The zero-order chi connectivity index (χ0) is 9.10. The molecule has 2 aromatic heterocycles. The summed E-state index contributed by atoms with van der Waals surface area (Å²) in [6.07, 6.45) is 3.32. The summed E-state index contributed by atoms with van der Waals surface area (Å²) in [5.74, 6) is 0. The van der Waals surface area contributed by atoms with Crippen LogP contribution in [0.4, 0.5) is 0 Å². The lowest BCUT2D eigenvalue weighted by atomic mass is 10.2. The quantitative estimate of drug-likeness (QED) is 0.686. The fraction of sp³-hybridized carbons (Fsp3) is 0. The maximum atomic E-state index is 8.78. The van der Waals surface area contributed by atoms with Gasteiger partial charge in [-0.25, -0.2) is 9.97 Å². The minimum absolute atomic E-state index is 0.428. The molecule has 0 aromatic carbocycles. The lowest BCUT2D eigenvalue weighted by Crippen LogP contribution is -1.86. The number of hydrogen-bond acceptors (Lipinski definition) is 4. The number of nitriles is 1. The molecule has 0 atom stereocenters. The van der Waals surface area contributed by atoms with E-state index >= 15 is 0 Å². The summed E-state index contributed by atoms with van der Waals surface area (Å²) in [4.78, 5) is 8.08. The molecule has 3 nitrogen and oxygen atoms in total. The first-order chi connectivity index (χ1) is 6.42. The summed E-state index contributed by atoms with van der Waals surface area (Å²) < 4.78 is 0. The van der Waals surface area contributed by atoms with Crippen molar-refractivity contribution in [2.24, 2.45) is 0 Å². The summed E-state index contributed by atoms with van der Waals surface area (Å²) >= 11 is 1.50. The molecule has 0 bridgehead atoms. The van der Waals surface area contributed by atoms with Gasteiger partial charge in [0.1, 0.15) is 11.1 Å². The van der Waals surface area contributed by atoms with Gasteiger partial charge in [0.2, 0.25) is 0 Å². The van der Waals surface area contributed by atoms with E-state index in [1.165, 1.54) is 11.3 Å². The van der Waals surface area contributed by atoms with E-state index < -0.39 is 0 Å². The largest absolute Gasteiger partial charge is 0.245 e. The highest BCUT2D eigenvalue weighted by Gasteiger charge is 2.06. The minimum atomic E-state index is 0.428. The van der Waals surface area contributed by atoms with Crippen LogP contribution in [0.5, 0.6) is 0 Å². The van der Waals surface area contributed by atoms with E-state index in [-0.39, 0.29) is 0 Å². The van der Waals surface area contributed by atoms with Crippen LogP contribution in [0.1, 0.15) is 5.69 Å². The van der Waals surface area contributed by atoms with Crippen molar-refractivity contribution in [2.45, 2.75) is 0 Å². The monoisotopic (exact) mass is 187 g/mol. The summed E-state index contributed by atoms with van der Waals surface area (Å²) in [6, 6.07) is 5.69. The van der Waals surface area contributed by atoms with Gasteiger partial charge in [-0.05, 0) is 12.1 Å². The van der Waals surface area contributed by atoms with E-state index in [2.05, 4.69) is 9.97 Å². The van der Waals surface area contributed by atoms with Gasteiger partial charge in [0.25, 0.3) is 0 Å². The average molecular weight is 187 g/mol. The van der Waals surface area contributed by atoms with Gasteiger partial charge in [0.15, 0.2) is 5.69 Å². The van der Waals surface area contributed by atoms with Crippen molar-refractivity contribution in [3.63, 3.8) is 0 Å². The van der Waals surface area contributed by atoms with Crippen molar-refractivity contribution >= 4 is 11.3 Å². The van der Waals surface area contributed by atoms with Gasteiger partial charge >= 0.3 is 0 Å². The third-order valence-corrected chi connectivity index (χ3v) is 2.38. The van der Waals surface area contributed by atoms with Crippen LogP contribution < -0.4 is 0 Å². The lowest BCUT2D eigenvalue weighted by molar-refractivity contribution is 1.26. The van der Waals surface area contributed by atoms with Crippen molar-refractivity contribution in [2.75, 3.05) is 0 Å². The van der Waals surface area contributed by atoms with Gasteiger partial charge in [-0.3, -0.25) is 0 Å². The van der Waals surface area contributed by atoms with Crippen LogP contribution in [-0.4, -0.2) is 9.97 Å². The minimum Gasteiger partial charge on any atom is -0.245 e. The van der Waals surface area contributed by atoms with E-state index in [0.29, 0.717) is 5.69 Å². The standard InChI is InChI=1S/C9H5N3S/c10-6-8-7(2-1-3-11-8)9-12-4-5-13-9/h1-5H. The van der Waals surface area contributed by atoms with Crippen molar-refractivity contribution < 1.29 is 0 Å². The van der Waals surface area contributed by atoms with Crippen LogP contribution in [-0.2, 0) is 0 Å². The predicted molar refractivity (Wildman–Crippen MR) is 50.1 cm³/mol. The van der Waals surface area contributed by atoms with Crippen LogP contribution >= 0.6 is 11.3 Å². The SMILES string of the molecule is N#Cc1ncccc1-c1nccs1. The van der Waals surface area contributed by atoms with Crippen molar-refractivity contribution in [1.82, 2.24) is 9.97 Å². The summed E-state index contributed by atoms with van der Waals surface area (Å²) in [5, 5.41) is 11.5. The Labute approximate surface area is 79.3 Å². The first-order valence-electron chi connectivity index (χ1n) is 3.67. The molecule has 0 saturated carbocycles. The second kappa shape index (κ2) is 3.33. The Balaban J connectivity index is 2.59. The van der Waals surface area contributed by atoms with E-state index in [0.717, 1.165) is 10.6 Å². The molecule has 0 radical (unpaired) electrons. The van der Waals surface area contributed by atoms with E-state index in [1.807, 2.05) is 17.5 Å². The van der Waals surface area contributed by atoms with Crippen LogP contribution in [0, 0.1) is 11.3 Å². The van der Waals surface area contributed by atoms with Gasteiger partial charge in [-0.15, -0.1) is 11.3 Å². The van der Waals surface area contributed by atoms with Gasteiger partial charge in [-0.2, -0.15) is 5.26 Å². The first kappa shape index (κ1) is 7.90. The molecule has 0 amide bonds. The number of hydrogen-bond donors (Lipinski definition) is 0. The lowest BCUT2D eigenvalue weighted by Gasteiger charge is -1.96. The maximum Gasteiger partial charge on any atom is 0.150 e. The van der Waals surface area contributed by atoms with Crippen LogP contribution in [0.2, 0.25) is 0 Å². The predicted octanol–water partition coefficient (Wildman–Crippen LogP) is 2.08. The molecule has 0 unspecified atom stereocenters. The Morgan fingerprint density at radius 1 is 1.31 bits per heavy atom. The second-order valence-electron chi connectivity index (χ2n) is 2.35. The van der Waals surface area contributed by atoms with Crippen LogP contribution in [0.15, 0.2) is 29.9 Å². The number of nitrogens with zero attached hydrogens (tertiary/aromatic N) is 3. The number of pyridine rings is 1. The maximum absolute atomic E-state index is 8.78. The van der Waals surface area contributed by atoms with Crippen LogP contribution in [0.25, 0.3) is 10.6 Å². The molecule has 0 aliphatic heterocycles. The molecule has 0 fully saturated rings. The number of thiazole rings is 1. The first-order valence-corrected chi connectivity index (χ1v) is 4.55. The molecule has 2 aromatic rings. The Morgan fingerprint density at radius 2 is 2.23 bits per heavy atom. The molecule has 62 valence electrons. The van der Waals surface area contributed by atoms with Crippen molar-refractivity contribution in [3.8, 4) is 16.6 Å². The second-order valence-corrected chi connectivity index (χ2v) is 3.24. The third-order valence-electron chi connectivity index (χ3n) is 1.58. The Kier molecular flexibility index (Phi) is 2.02. The molecule has 13 heavy (non-hydrogen) atoms. The zero-order valence-corrected chi connectivity index (χ0v) is 7.45.